The van der Waals surface area contributed by atoms with E-state index >= 15 is 0 Å². The van der Waals surface area contributed by atoms with E-state index in [-0.39, 0.29) is 16.7 Å². The highest BCUT2D eigenvalue weighted by atomic mass is 19.4. The van der Waals surface area contributed by atoms with Crippen molar-refractivity contribution in [1.82, 2.24) is 9.13 Å². The quantitative estimate of drug-likeness (QED) is 0.166. The summed E-state index contributed by atoms with van der Waals surface area (Å²) >= 11 is 0. The van der Waals surface area contributed by atoms with Gasteiger partial charge in [0.25, 0.3) is 0 Å². The van der Waals surface area contributed by atoms with Crippen LogP contribution in [0.4, 0.5) is 13.2 Å². The van der Waals surface area contributed by atoms with Crippen LogP contribution >= 0.6 is 0 Å². The van der Waals surface area contributed by atoms with Gasteiger partial charge in [0, 0.05) is 38.4 Å². The Hall–Kier alpha value is -9.67. The van der Waals surface area contributed by atoms with Gasteiger partial charge in [0.05, 0.1) is 79.8 Å². The summed E-state index contributed by atoms with van der Waals surface area (Å²) in [4.78, 5) is 0. The molecule has 0 N–H and O–H groups in total. The summed E-state index contributed by atoms with van der Waals surface area (Å²) in [6, 6.07) is 66.1. The van der Waals surface area contributed by atoms with Crippen LogP contribution in [0.1, 0.15) is 27.8 Å². The number of benzene rings is 9. The number of fused-ring (bicyclic) bond motifs is 6. The maximum absolute atomic E-state index is 14.9. The van der Waals surface area contributed by atoms with Crippen molar-refractivity contribution in [2.75, 3.05) is 0 Å². The van der Waals surface area contributed by atoms with Crippen molar-refractivity contribution in [2.24, 2.45) is 0 Å². The van der Waals surface area contributed by atoms with Gasteiger partial charge in [-0.05, 0) is 137 Å². The Morgan fingerprint density at radius 1 is 0.353 bits per heavy atom. The predicted molar refractivity (Wildman–Crippen MR) is 261 cm³/mol. The zero-order chi connectivity index (χ0) is 46.7. The van der Waals surface area contributed by atoms with Crippen molar-refractivity contribution in [1.29, 1.82) is 21.0 Å². The van der Waals surface area contributed by atoms with E-state index in [1.54, 1.807) is 36.4 Å². The molecule has 0 unspecified atom stereocenters. The molecule has 2 heterocycles. The van der Waals surface area contributed by atoms with Crippen molar-refractivity contribution < 1.29 is 13.2 Å². The number of hydrogen-bond acceptors (Lipinski definition) is 4. The molecule has 0 saturated heterocycles. The molecular weight excluding hydrogens is 850 g/mol. The van der Waals surface area contributed by atoms with Crippen LogP contribution < -0.4 is 0 Å². The van der Waals surface area contributed by atoms with Crippen LogP contribution in [0.25, 0.3) is 99.5 Å². The fourth-order valence-electron chi connectivity index (χ4n) is 9.59. The smallest absolute Gasteiger partial charge is 0.309 e. The zero-order valence-electron chi connectivity index (χ0n) is 35.7. The van der Waals surface area contributed by atoms with Crippen LogP contribution in [0.5, 0.6) is 0 Å². The van der Waals surface area contributed by atoms with E-state index in [1.165, 1.54) is 12.1 Å². The first-order valence-electron chi connectivity index (χ1n) is 21.5. The maximum Gasteiger partial charge on any atom is 0.417 e. The van der Waals surface area contributed by atoms with Crippen molar-refractivity contribution in [3.63, 3.8) is 0 Å². The molecule has 0 amide bonds. The molecule has 0 aliphatic carbocycles. The second-order valence-corrected chi connectivity index (χ2v) is 16.5. The summed E-state index contributed by atoms with van der Waals surface area (Å²) in [5.74, 6) is 0. The van der Waals surface area contributed by atoms with Crippen molar-refractivity contribution in [2.45, 2.75) is 6.18 Å². The number of alkyl halides is 3. The van der Waals surface area contributed by atoms with E-state index in [2.05, 4.69) is 45.5 Å². The summed E-state index contributed by atoms with van der Waals surface area (Å²) in [7, 11) is 0. The van der Waals surface area contributed by atoms with Gasteiger partial charge in [-0.2, -0.15) is 34.2 Å². The minimum absolute atomic E-state index is 0.107. The van der Waals surface area contributed by atoms with Crippen molar-refractivity contribution in [3.8, 4) is 80.2 Å². The molecule has 0 saturated carbocycles. The maximum atomic E-state index is 14.9. The fraction of sp³-hybridized carbons (Fsp3) is 0.0169. The third kappa shape index (κ3) is 6.79. The lowest BCUT2D eigenvalue weighted by atomic mass is 9.91. The first-order chi connectivity index (χ1) is 33.1. The standard InChI is InChI=1S/C59H31F3N6/c60-59(61,62)53-27-38(34-65)15-21-46(53)43-19-24-58(68-55-14-4-2-12-48(55)51-29-42(18-23-57(51)68)40-10-6-8-37(26-40)33-64)52(30-43)49-31-45(20-16-44(49)35-66)67-54-13-3-1-11-47(54)50-28-41(17-22-56(50)67)39-9-5-7-36(25-39)32-63/h1-31H. The molecule has 9 heteroatoms. The molecule has 11 aromatic rings. The van der Waals surface area contributed by atoms with E-state index in [0.29, 0.717) is 33.5 Å². The second kappa shape index (κ2) is 16.1. The molecule has 68 heavy (non-hydrogen) atoms. The molecule has 2 aromatic heterocycles. The average molecular weight is 881 g/mol. The third-order valence-electron chi connectivity index (χ3n) is 12.7. The SMILES string of the molecule is N#Cc1cccc(-c2ccc3c(c2)c2ccccc2n3-c2ccc(C#N)c(-c3cc(-c4ccc(C#N)cc4C(F)(F)F)ccc3-n3c4ccccc4c4cc(-c5cccc(C#N)c5)ccc43)c2)c1. The molecular formula is C59H31F3N6. The lowest BCUT2D eigenvalue weighted by Gasteiger charge is -2.19. The predicted octanol–water partition coefficient (Wildman–Crippen LogP) is 15.1. The number of hydrogen-bond donors (Lipinski definition) is 0. The summed E-state index contributed by atoms with van der Waals surface area (Å²) in [5, 5.41) is 43.6. The number of halogens is 3. The van der Waals surface area contributed by atoms with Crippen LogP contribution in [-0.2, 0) is 6.18 Å². The van der Waals surface area contributed by atoms with E-state index in [9.17, 15) is 34.2 Å². The molecule has 6 nitrogen and oxygen atoms in total. The highest BCUT2D eigenvalue weighted by Crippen LogP contribution is 2.44. The van der Waals surface area contributed by atoms with Gasteiger partial charge < -0.3 is 9.13 Å². The molecule has 9 aromatic carbocycles. The summed E-state index contributed by atoms with van der Waals surface area (Å²) in [6.45, 7) is 0. The monoisotopic (exact) mass is 880 g/mol. The average Bonchev–Trinajstić information content (AvgIpc) is 3.90. The Balaban J connectivity index is 1.18. The van der Waals surface area contributed by atoms with Gasteiger partial charge in [-0.3, -0.25) is 0 Å². The number of aromatic nitrogens is 2. The number of nitriles is 4. The summed E-state index contributed by atoms with van der Waals surface area (Å²) in [6.07, 6.45) is -4.77. The Morgan fingerprint density at radius 3 is 1.47 bits per heavy atom. The van der Waals surface area contributed by atoms with Gasteiger partial charge in [0.15, 0.2) is 0 Å². The van der Waals surface area contributed by atoms with Gasteiger partial charge >= 0.3 is 6.18 Å². The lowest BCUT2D eigenvalue weighted by molar-refractivity contribution is -0.137. The molecule has 0 fully saturated rings. The van der Waals surface area contributed by atoms with Gasteiger partial charge in [-0.1, -0.05) is 84.9 Å². The van der Waals surface area contributed by atoms with Crippen LogP contribution in [0, 0.1) is 45.3 Å². The Bertz CT molecular complexity index is 4090. The van der Waals surface area contributed by atoms with Crippen LogP contribution in [0.15, 0.2) is 188 Å². The molecule has 0 aliphatic heterocycles. The molecule has 0 aliphatic rings. The molecule has 318 valence electrons. The van der Waals surface area contributed by atoms with Crippen LogP contribution in [0.2, 0.25) is 0 Å². The van der Waals surface area contributed by atoms with Crippen molar-refractivity contribution in [3.05, 3.63) is 216 Å². The Morgan fingerprint density at radius 2 is 0.882 bits per heavy atom. The lowest BCUT2D eigenvalue weighted by Crippen LogP contribution is -2.08. The molecule has 0 radical (unpaired) electrons. The van der Waals surface area contributed by atoms with Crippen molar-refractivity contribution >= 4 is 43.6 Å². The van der Waals surface area contributed by atoms with Gasteiger partial charge in [-0.15, -0.1) is 0 Å². The molecule has 0 atom stereocenters. The Kier molecular flexibility index (Phi) is 9.72. The van der Waals surface area contributed by atoms with Crippen LogP contribution in [0.3, 0.4) is 0 Å². The molecule has 0 bridgehead atoms. The zero-order valence-corrected chi connectivity index (χ0v) is 35.7. The highest BCUT2D eigenvalue weighted by molar-refractivity contribution is 6.12. The van der Waals surface area contributed by atoms with E-state index in [0.717, 1.165) is 77.6 Å². The Labute approximate surface area is 387 Å². The van der Waals surface area contributed by atoms with Gasteiger partial charge in [0.1, 0.15) is 0 Å². The second-order valence-electron chi connectivity index (χ2n) is 16.5. The first-order valence-corrected chi connectivity index (χ1v) is 21.5. The minimum Gasteiger partial charge on any atom is -0.309 e. The van der Waals surface area contributed by atoms with Crippen LogP contribution in [-0.4, -0.2) is 9.13 Å². The van der Waals surface area contributed by atoms with E-state index < -0.39 is 11.7 Å². The fourth-order valence-corrected chi connectivity index (χ4v) is 9.59. The number of para-hydroxylation sites is 2. The first kappa shape index (κ1) is 41.1. The number of rotatable bonds is 6. The van der Waals surface area contributed by atoms with Gasteiger partial charge in [0.2, 0.25) is 0 Å². The van der Waals surface area contributed by atoms with Gasteiger partial charge in [-0.25, -0.2) is 0 Å². The molecule has 11 rings (SSSR count). The summed E-state index contributed by atoms with van der Waals surface area (Å²) < 4.78 is 48.8. The normalized spacial score (nSPS) is 11.4. The third-order valence-corrected chi connectivity index (χ3v) is 12.7. The summed E-state index contributed by atoms with van der Waals surface area (Å²) in [5.41, 5.74) is 9.91. The largest absolute Gasteiger partial charge is 0.417 e. The topological polar surface area (TPSA) is 105 Å². The minimum atomic E-state index is -4.77. The van der Waals surface area contributed by atoms with E-state index in [4.69, 9.17) is 0 Å². The van der Waals surface area contributed by atoms with E-state index in [1.807, 2.05) is 121 Å². The molecule has 0 spiro atoms. The highest BCUT2D eigenvalue weighted by Gasteiger charge is 2.34. The number of nitrogens with zero attached hydrogens (tertiary/aromatic N) is 6.